The number of hydrogen-bond acceptors (Lipinski definition) is 2. The summed E-state index contributed by atoms with van der Waals surface area (Å²) in [6.07, 6.45) is 9.50. The predicted octanol–water partition coefficient (Wildman–Crippen LogP) is 8.07. The molecule has 0 aromatic heterocycles. The molecule has 1 aromatic rings. The fourth-order valence-electron chi connectivity index (χ4n) is 2.39. The summed E-state index contributed by atoms with van der Waals surface area (Å²) in [7, 11) is 0. The second-order valence-electron chi connectivity index (χ2n) is 6.74. The SMILES string of the molecule is CCCCCCCCS/C=C(/CC(C)C)Sc1ccc(C)cc1. The highest BCUT2D eigenvalue weighted by Gasteiger charge is 2.04. The van der Waals surface area contributed by atoms with Crippen molar-refractivity contribution in [2.75, 3.05) is 5.75 Å². The van der Waals surface area contributed by atoms with Crippen LogP contribution in [0.1, 0.15) is 71.3 Å². The second-order valence-corrected chi connectivity index (χ2v) is 8.91. The minimum atomic E-state index is 0.717. The Labute approximate surface area is 152 Å². The van der Waals surface area contributed by atoms with Gasteiger partial charge in [0.05, 0.1) is 0 Å². The lowest BCUT2D eigenvalue weighted by Crippen LogP contribution is -1.89. The van der Waals surface area contributed by atoms with Crippen molar-refractivity contribution >= 4 is 23.5 Å². The maximum absolute atomic E-state index is 2.41. The van der Waals surface area contributed by atoms with E-state index >= 15 is 0 Å². The quantitative estimate of drug-likeness (QED) is 0.276. The van der Waals surface area contributed by atoms with E-state index in [0.717, 1.165) is 0 Å². The van der Waals surface area contributed by atoms with Crippen LogP contribution in [0.5, 0.6) is 0 Å². The van der Waals surface area contributed by atoms with Crippen LogP contribution < -0.4 is 0 Å². The minimum absolute atomic E-state index is 0.717. The van der Waals surface area contributed by atoms with Crippen molar-refractivity contribution in [3.8, 4) is 0 Å². The van der Waals surface area contributed by atoms with E-state index in [9.17, 15) is 0 Å². The van der Waals surface area contributed by atoms with Crippen molar-refractivity contribution in [3.05, 3.63) is 40.1 Å². The van der Waals surface area contributed by atoms with Gasteiger partial charge in [0.1, 0.15) is 0 Å². The van der Waals surface area contributed by atoms with Crippen LogP contribution in [-0.4, -0.2) is 5.75 Å². The molecule has 0 fully saturated rings. The maximum Gasteiger partial charge on any atom is 0.0119 e. The molecule has 0 nitrogen and oxygen atoms in total. The molecule has 1 aromatic carbocycles. The van der Waals surface area contributed by atoms with Crippen LogP contribution >= 0.6 is 23.5 Å². The van der Waals surface area contributed by atoms with E-state index in [1.54, 1.807) is 0 Å². The molecule has 2 heteroatoms. The molecule has 0 bridgehead atoms. The lowest BCUT2D eigenvalue weighted by molar-refractivity contribution is 0.627. The maximum atomic E-state index is 2.41. The fourth-order valence-corrected chi connectivity index (χ4v) is 4.55. The monoisotopic (exact) mass is 350 g/mol. The Morgan fingerprint density at radius 2 is 1.65 bits per heavy atom. The molecule has 0 unspecified atom stereocenters. The van der Waals surface area contributed by atoms with Crippen molar-refractivity contribution in [3.63, 3.8) is 0 Å². The standard InChI is InChI=1S/C21H34S2/c1-5-6-7-8-9-10-15-22-17-21(16-18(2)3)23-20-13-11-19(4)12-14-20/h11-14,17-18H,5-10,15-16H2,1-4H3/b21-17-. The zero-order chi connectivity index (χ0) is 16.9. The first-order valence-electron chi connectivity index (χ1n) is 9.17. The van der Waals surface area contributed by atoms with Gasteiger partial charge in [-0.1, -0.05) is 82.3 Å². The highest BCUT2D eigenvalue weighted by atomic mass is 32.2. The van der Waals surface area contributed by atoms with E-state index in [0.29, 0.717) is 5.92 Å². The number of allylic oxidation sites excluding steroid dienone is 1. The summed E-state index contributed by atoms with van der Waals surface area (Å²) in [5.74, 6) is 1.98. The van der Waals surface area contributed by atoms with Gasteiger partial charge < -0.3 is 0 Å². The molecular formula is C21H34S2. The first kappa shape index (κ1) is 20.7. The molecule has 0 aliphatic heterocycles. The zero-order valence-electron chi connectivity index (χ0n) is 15.4. The molecular weight excluding hydrogens is 316 g/mol. The molecule has 1 rings (SSSR count). The summed E-state index contributed by atoms with van der Waals surface area (Å²) < 4.78 is 0. The molecule has 0 aliphatic rings. The summed E-state index contributed by atoms with van der Waals surface area (Å²) in [6, 6.07) is 8.90. The number of hydrogen-bond donors (Lipinski definition) is 0. The van der Waals surface area contributed by atoms with Crippen molar-refractivity contribution in [2.45, 2.75) is 77.5 Å². The Balaban J connectivity index is 2.36. The van der Waals surface area contributed by atoms with Crippen LogP contribution in [-0.2, 0) is 0 Å². The Kier molecular flexibility index (Phi) is 11.7. The van der Waals surface area contributed by atoms with Gasteiger partial charge in [-0.05, 0) is 53.9 Å². The van der Waals surface area contributed by atoms with Gasteiger partial charge in [-0.15, -0.1) is 11.8 Å². The highest BCUT2D eigenvalue weighted by Crippen LogP contribution is 2.33. The first-order chi connectivity index (χ1) is 11.1. The van der Waals surface area contributed by atoms with Gasteiger partial charge >= 0.3 is 0 Å². The molecule has 0 radical (unpaired) electrons. The smallest absolute Gasteiger partial charge is 0.0119 e. The highest BCUT2D eigenvalue weighted by molar-refractivity contribution is 8.06. The largest absolute Gasteiger partial charge is 0.133 e. The third kappa shape index (κ3) is 10.9. The third-order valence-corrected chi connectivity index (χ3v) is 5.89. The first-order valence-corrected chi connectivity index (χ1v) is 11.0. The lowest BCUT2D eigenvalue weighted by atomic mass is 10.1. The van der Waals surface area contributed by atoms with Gasteiger partial charge in [0, 0.05) is 4.90 Å². The molecule has 0 spiro atoms. The molecule has 0 aliphatic carbocycles. The Morgan fingerprint density at radius 1 is 1.00 bits per heavy atom. The Hall–Kier alpha value is -0.340. The molecule has 0 heterocycles. The molecule has 0 saturated carbocycles. The average Bonchev–Trinajstić information content (AvgIpc) is 2.51. The number of rotatable bonds is 12. The normalized spacial score (nSPS) is 12.1. The predicted molar refractivity (Wildman–Crippen MR) is 110 cm³/mol. The van der Waals surface area contributed by atoms with Crippen molar-refractivity contribution in [1.82, 2.24) is 0 Å². The molecule has 0 amide bonds. The molecule has 23 heavy (non-hydrogen) atoms. The van der Waals surface area contributed by atoms with E-state index in [4.69, 9.17) is 0 Å². The number of thioether (sulfide) groups is 2. The van der Waals surface area contributed by atoms with E-state index in [1.165, 1.54) is 66.1 Å². The topological polar surface area (TPSA) is 0 Å². The third-order valence-electron chi connectivity index (χ3n) is 3.71. The van der Waals surface area contributed by atoms with Crippen LogP contribution in [0.25, 0.3) is 0 Å². The molecule has 0 N–H and O–H groups in total. The van der Waals surface area contributed by atoms with Crippen LogP contribution in [0.2, 0.25) is 0 Å². The van der Waals surface area contributed by atoms with Gasteiger partial charge in [0.25, 0.3) is 0 Å². The van der Waals surface area contributed by atoms with Crippen LogP contribution in [0.4, 0.5) is 0 Å². The summed E-state index contributed by atoms with van der Waals surface area (Å²) in [5, 5.41) is 2.41. The van der Waals surface area contributed by atoms with Crippen molar-refractivity contribution in [1.29, 1.82) is 0 Å². The van der Waals surface area contributed by atoms with Gasteiger partial charge in [0.2, 0.25) is 0 Å². The van der Waals surface area contributed by atoms with Gasteiger partial charge in [-0.2, -0.15) is 0 Å². The Bertz CT molecular complexity index is 432. The fraction of sp³-hybridized carbons (Fsp3) is 0.619. The average molecular weight is 351 g/mol. The number of unbranched alkanes of at least 4 members (excludes halogenated alkanes) is 5. The van der Waals surface area contributed by atoms with Crippen molar-refractivity contribution in [2.24, 2.45) is 5.92 Å². The summed E-state index contributed by atoms with van der Waals surface area (Å²) in [6.45, 7) is 9.04. The molecule has 0 saturated heterocycles. The number of benzene rings is 1. The van der Waals surface area contributed by atoms with E-state index in [2.05, 4.69) is 57.4 Å². The summed E-state index contributed by atoms with van der Waals surface area (Å²) >= 11 is 3.95. The van der Waals surface area contributed by atoms with Gasteiger partial charge in [-0.3, -0.25) is 0 Å². The van der Waals surface area contributed by atoms with Crippen molar-refractivity contribution < 1.29 is 0 Å². The van der Waals surface area contributed by atoms with E-state index in [-0.39, 0.29) is 0 Å². The van der Waals surface area contributed by atoms with Crippen LogP contribution in [0.3, 0.4) is 0 Å². The van der Waals surface area contributed by atoms with Crippen LogP contribution in [0, 0.1) is 12.8 Å². The summed E-state index contributed by atoms with van der Waals surface area (Å²) in [4.78, 5) is 2.88. The molecule has 130 valence electrons. The lowest BCUT2D eigenvalue weighted by Gasteiger charge is -2.10. The van der Waals surface area contributed by atoms with Gasteiger partial charge in [-0.25, -0.2) is 0 Å². The summed E-state index contributed by atoms with van der Waals surface area (Å²) in [5.41, 5.74) is 1.33. The second kappa shape index (κ2) is 13.0. The van der Waals surface area contributed by atoms with E-state index in [1.807, 2.05) is 23.5 Å². The zero-order valence-corrected chi connectivity index (χ0v) is 17.1. The Morgan fingerprint density at radius 3 is 2.30 bits per heavy atom. The van der Waals surface area contributed by atoms with Crippen LogP contribution in [0.15, 0.2) is 39.5 Å². The van der Waals surface area contributed by atoms with E-state index < -0.39 is 0 Å². The van der Waals surface area contributed by atoms with Gasteiger partial charge in [0.15, 0.2) is 0 Å². The molecule has 0 atom stereocenters. The number of aryl methyl sites for hydroxylation is 1. The minimum Gasteiger partial charge on any atom is -0.133 e.